The van der Waals surface area contributed by atoms with Gasteiger partial charge in [0.2, 0.25) is 0 Å². The number of hydrogen-bond acceptors (Lipinski definition) is 4. The van der Waals surface area contributed by atoms with Crippen LogP contribution in [-0.4, -0.2) is 41.6 Å². The van der Waals surface area contributed by atoms with Crippen LogP contribution in [-0.2, 0) is 16.5 Å². The molecule has 0 atom stereocenters. The van der Waals surface area contributed by atoms with Crippen LogP contribution in [0.15, 0.2) is 0 Å². The van der Waals surface area contributed by atoms with Crippen molar-refractivity contribution in [3.05, 3.63) is 0 Å². The molecule has 21 heavy (non-hydrogen) atoms. The van der Waals surface area contributed by atoms with Crippen LogP contribution in [0.3, 0.4) is 0 Å². The zero-order valence-corrected chi connectivity index (χ0v) is 21.3. The minimum atomic E-state index is -2.78. The Morgan fingerprint density at radius 2 is 0.714 bits per heavy atom. The van der Waals surface area contributed by atoms with Crippen molar-refractivity contribution in [2.75, 3.05) is 0 Å². The number of halogens is 1. The largest absolute Gasteiger partial charge is 0.437 e. The van der Waals surface area contributed by atoms with Crippen molar-refractivity contribution in [3.63, 3.8) is 0 Å². The van der Waals surface area contributed by atoms with Crippen molar-refractivity contribution in [2.24, 2.45) is 0 Å². The van der Waals surface area contributed by atoms with Crippen LogP contribution in [0.1, 0.15) is 0 Å². The summed E-state index contributed by atoms with van der Waals surface area (Å²) in [5.41, 5.74) is 0. The van der Waals surface area contributed by atoms with E-state index in [0.717, 1.165) is 0 Å². The van der Waals surface area contributed by atoms with E-state index in [1.807, 2.05) is 32.7 Å². The van der Waals surface area contributed by atoms with Crippen LogP contribution in [0.5, 0.6) is 0 Å². The van der Waals surface area contributed by atoms with Crippen LogP contribution < -0.4 is 0 Å². The molecule has 0 radical (unpaired) electrons. The molecule has 0 amide bonds. The Morgan fingerprint density at radius 3 is 0.905 bits per heavy atom. The van der Waals surface area contributed by atoms with Crippen LogP contribution in [0.2, 0.25) is 72.0 Å². The van der Waals surface area contributed by atoms with Gasteiger partial charge in [-0.25, -0.2) is 0 Å². The third-order valence-corrected chi connectivity index (χ3v) is 19.0. The predicted octanol–water partition coefficient (Wildman–Crippen LogP) is 4.93. The molecule has 0 heterocycles. The normalized spacial score (nSPS) is 15.4. The van der Waals surface area contributed by atoms with Crippen molar-refractivity contribution in [3.8, 4) is 0 Å². The van der Waals surface area contributed by atoms with Gasteiger partial charge in [-0.05, 0) is 72.0 Å². The highest BCUT2D eigenvalue weighted by Gasteiger charge is 2.46. The zero-order valence-electron chi connectivity index (χ0n) is 15.5. The van der Waals surface area contributed by atoms with Gasteiger partial charge in [-0.2, -0.15) is 0 Å². The second-order valence-corrected chi connectivity index (χ2v) is 29.3. The molecule has 0 fully saturated rings. The second-order valence-electron chi connectivity index (χ2n) is 8.27. The molecule has 0 aliphatic rings. The van der Waals surface area contributed by atoms with Crippen molar-refractivity contribution in [1.82, 2.24) is 0 Å². The zero-order chi connectivity index (χ0) is 17.3. The Bertz CT molecular complexity index is 318. The first-order valence-corrected chi connectivity index (χ1v) is 23.1. The van der Waals surface area contributed by atoms with Gasteiger partial charge >= 0.3 is 25.0 Å². The van der Waals surface area contributed by atoms with Crippen molar-refractivity contribution in [2.45, 2.75) is 72.0 Å². The Balaban J connectivity index is 4.83. The first kappa shape index (κ1) is 22.2. The highest BCUT2D eigenvalue weighted by atomic mass is 35.6. The maximum atomic E-state index is 6.60. The fraction of sp³-hybridized carbons (Fsp3) is 1.00. The molecule has 0 aromatic heterocycles. The Labute approximate surface area is 141 Å². The van der Waals surface area contributed by atoms with Gasteiger partial charge in [0.25, 0.3) is 0 Å². The topological polar surface area (TPSA) is 36.9 Å². The molecular weight excluding hydrogens is 372 g/mol. The minimum Gasteiger partial charge on any atom is -0.437 e. The van der Waals surface area contributed by atoms with Gasteiger partial charge in [-0.1, -0.05) is 0 Å². The van der Waals surface area contributed by atoms with Gasteiger partial charge in [0.15, 0.2) is 16.6 Å². The summed E-state index contributed by atoms with van der Waals surface area (Å²) in [5.74, 6) is 0. The van der Waals surface area contributed by atoms with E-state index in [2.05, 4.69) is 39.3 Å². The second kappa shape index (κ2) is 6.99. The maximum Gasteiger partial charge on any atom is 0.422 e. The highest BCUT2D eigenvalue weighted by molar-refractivity contribution is 7.17. The smallest absolute Gasteiger partial charge is 0.422 e. The molecule has 10 heteroatoms. The van der Waals surface area contributed by atoms with E-state index in [1.165, 1.54) is 0 Å². The molecule has 0 aliphatic carbocycles. The van der Waals surface area contributed by atoms with Crippen LogP contribution >= 0.6 is 11.1 Å². The van der Waals surface area contributed by atoms with Gasteiger partial charge in [0, 0.05) is 0 Å². The highest BCUT2D eigenvalue weighted by Crippen LogP contribution is 2.28. The van der Waals surface area contributed by atoms with Gasteiger partial charge in [-0.15, -0.1) is 11.1 Å². The van der Waals surface area contributed by atoms with Crippen molar-refractivity contribution >= 4 is 52.7 Å². The number of rotatable bonds is 8. The summed E-state index contributed by atoms with van der Waals surface area (Å²) in [6.45, 7) is 23.0. The molecule has 0 aliphatic heterocycles. The first-order chi connectivity index (χ1) is 8.83. The Kier molecular flexibility index (Phi) is 7.39. The molecule has 0 rings (SSSR count). The molecule has 0 aromatic rings. The summed E-state index contributed by atoms with van der Waals surface area (Å²) in [5, 5.41) is 0. The molecule has 0 saturated heterocycles. The van der Waals surface area contributed by atoms with Crippen LogP contribution in [0.25, 0.3) is 0 Å². The van der Waals surface area contributed by atoms with E-state index in [1.54, 1.807) is 0 Å². The van der Waals surface area contributed by atoms with E-state index in [9.17, 15) is 0 Å². The average Bonchev–Trinajstić information content (AvgIpc) is 1.83. The Morgan fingerprint density at radius 1 is 0.476 bits per heavy atom. The lowest BCUT2D eigenvalue weighted by Crippen LogP contribution is -2.57. The maximum absolute atomic E-state index is 6.60. The van der Waals surface area contributed by atoms with E-state index >= 15 is 0 Å². The minimum absolute atomic E-state index is 1.66. The van der Waals surface area contributed by atoms with E-state index < -0.39 is 41.6 Å². The van der Waals surface area contributed by atoms with Gasteiger partial charge in [-0.3, -0.25) is 0 Å². The molecule has 0 unspecified atom stereocenters. The summed E-state index contributed by atoms with van der Waals surface area (Å²) < 4.78 is 24.7. The standard InChI is InChI=1S/C11H33ClO4Si5/c1-17(2,3)13-19(7,8)15-21(11,12)16-20(9,10)14-18(4,5)6/h1-11H3. The van der Waals surface area contributed by atoms with E-state index in [0.29, 0.717) is 0 Å². The van der Waals surface area contributed by atoms with E-state index in [-0.39, 0.29) is 0 Å². The summed E-state index contributed by atoms with van der Waals surface area (Å²) >= 11 is 6.60. The summed E-state index contributed by atoms with van der Waals surface area (Å²) in [7, 11) is -10.7. The summed E-state index contributed by atoms with van der Waals surface area (Å²) in [6, 6.07) is 0. The average molecular weight is 405 g/mol. The predicted molar refractivity (Wildman–Crippen MR) is 103 cm³/mol. The van der Waals surface area contributed by atoms with Gasteiger partial charge in [0.05, 0.1) is 0 Å². The van der Waals surface area contributed by atoms with Gasteiger partial charge < -0.3 is 16.5 Å². The lowest BCUT2D eigenvalue weighted by molar-refractivity contribution is 0.312. The molecule has 0 saturated carbocycles. The molecule has 128 valence electrons. The molecule has 4 nitrogen and oxygen atoms in total. The van der Waals surface area contributed by atoms with Gasteiger partial charge in [0.1, 0.15) is 0 Å². The third-order valence-electron chi connectivity index (χ3n) is 1.96. The SMILES string of the molecule is C[Si](C)(C)O[Si](C)(C)O[Si](C)(Cl)O[Si](C)(C)O[Si](C)(C)C. The fourth-order valence-electron chi connectivity index (χ4n) is 2.42. The van der Waals surface area contributed by atoms with Crippen molar-refractivity contribution < 1.29 is 16.5 Å². The summed E-state index contributed by atoms with van der Waals surface area (Å²) in [4.78, 5) is 0. The molecule has 0 spiro atoms. The molecule has 0 aromatic carbocycles. The monoisotopic (exact) mass is 404 g/mol. The van der Waals surface area contributed by atoms with Crippen LogP contribution in [0.4, 0.5) is 0 Å². The third kappa shape index (κ3) is 12.3. The van der Waals surface area contributed by atoms with Crippen molar-refractivity contribution in [1.29, 1.82) is 0 Å². The number of hydrogen-bond donors (Lipinski definition) is 0. The lowest BCUT2D eigenvalue weighted by Gasteiger charge is -2.39. The summed E-state index contributed by atoms with van der Waals surface area (Å²) in [6.07, 6.45) is 0. The Hall–Kier alpha value is 1.21. The van der Waals surface area contributed by atoms with Crippen LogP contribution in [0, 0.1) is 0 Å². The first-order valence-electron chi connectivity index (χ1n) is 7.32. The molecule has 0 bridgehead atoms. The molecular formula is C11H33ClO4Si5. The quantitative estimate of drug-likeness (QED) is 0.424. The lowest BCUT2D eigenvalue weighted by atomic mass is 11.8. The molecule has 0 N–H and O–H groups in total. The van der Waals surface area contributed by atoms with E-state index in [4.69, 9.17) is 27.5 Å². The fourth-order valence-corrected chi connectivity index (χ4v) is 26.2.